The third-order valence-corrected chi connectivity index (χ3v) is 1.96. The zero-order valence-electron chi connectivity index (χ0n) is 10.6. The number of aliphatic hydroxyl groups is 1. The van der Waals surface area contributed by atoms with E-state index >= 15 is 0 Å². The molecule has 0 aromatic rings. The quantitative estimate of drug-likeness (QED) is 0.327. The molecule has 0 aliphatic heterocycles. The molecule has 0 radical (unpaired) electrons. The number of hydrogen-bond acceptors (Lipinski definition) is 5. The number of aliphatic carboxylic acids is 1. The molecule has 0 saturated heterocycles. The summed E-state index contributed by atoms with van der Waals surface area (Å²) < 4.78 is 0. The molecule has 1 atom stereocenters. The van der Waals surface area contributed by atoms with E-state index in [0.717, 1.165) is 6.08 Å². The zero-order chi connectivity index (χ0) is 13.6. The van der Waals surface area contributed by atoms with Gasteiger partial charge in [-0.25, -0.2) is 0 Å². The Bertz CT molecular complexity index is 343. The van der Waals surface area contributed by atoms with Gasteiger partial charge in [0, 0.05) is 0 Å². The second-order valence-electron chi connectivity index (χ2n) is 3.85. The second-order valence-corrected chi connectivity index (χ2v) is 3.85. The molecule has 0 aromatic heterocycles. The summed E-state index contributed by atoms with van der Waals surface area (Å²) in [5.74, 6) is -2.93. The molecule has 0 heterocycles. The number of carbonyl (C=O) groups excluding carboxylic acids is 3. The minimum Gasteiger partial charge on any atom is -0.548 e. The number of hydrogen-bond donors (Lipinski definition) is 3. The fourth-order valence-electron chi connectivity index (χ4n) is 0.934. The monoisotopic (exact) mass is 266 g/mol. The van der Waals surface area contributed by atoms with Gasteiger partial charge in [-0.1, -0.05) is 6.58 Å². The minimum absolute atomic E-state index is 0. The molecular formula is C10H15N2NaO5. The maximum absolute atomic E-state index is 11.6. The van der Waals surface area contributed by atoms with Crippen LogP contribution in [0.1, 0.15) is 13.8 Å². The third kappa shape index (κ3) is 6.15. The van der Waals surface area contributed by atoms with E-state index in [2.05, 4.69) is 11.9 Å². The predicted molar refractivity (Wildman–Crippen MR) is 56.4 cm³/mol. The van der Waals surface area contributed by atoms with E-state index in [4.69, 9.17) is 5.11 Å². The van der Waals surface area contributed by atoms with Crippen LogP contribution in [0.3, 0.4) is 0 Å². The van der Waals surface area contributed by atoms with Crippen molar-refractivity contribution in [1.82, 2.24) is 10.6 Å². The van der Waals surface area contributed by atoms with Crippen molar-refractivity contribution in [2.45, 2.75) is 25.4 Å². The van der Waals surface area contributed by atoms with E-state index in [1.54, 1.807) is 0 Å². The Hall–Kier alpha value is -0.890. The Morgan fingerprint density at radius 3 is 2.28 bits per heavy atom. The van der Waals surface area contributed by atoms with Crippen molar-refractivity contribution in [2.75, 3.05) is 6.61 Å². The molecule has 0 aliphatic rings. The molecule has 1 unspecified atom stereocenters. The number of aliphatic hydroxyl groups excluding tert-OH is 1. The van der Waals surface area contributed by atoms with E-state index in [9.17, 15) is 19.5 Å². The summed E-state index contributed by atoms with van der Waals surface area (Å²) in [5, 5.41) is 23.5. The summed E-state index contributed by atoms with van der Waals surface area (Å²) in [4.78, 5) is 33.1. The summed E-state index contributed by atoms with van der Waals surface area (Å²) in [6.45, 7) is 5.19. The van der Waals surface area contributed by atoms with Crippen LogP contribution in [0, 0.1) is 0 Å². The minimum atomic E-state index is -1.60. The standard InChI is InChI=1S/C10H16N2O5.Na/c1-4-7(14)12-10(2,3)9(17)11-6(5-13)8(15)16;/h4,6,13H,1,5H2,2-3H3,(H,11,17)(H,12,14)(H,15,16);/q;+1/p-1. The first-order valence-corrected chi connectivity index (χ1v) is 4.82. The first-order valence-electron chi connectivity index (χ1n) is 4.82. The molecule has 0 aliphatic carbocycles. The van der Waals surface area contributed by atoms with Crippen molar-refractivity contribution in [3.8, 4) is 0 Å². The molecule has 7 nitrogen and oxygen atoms in total. The second kappa shape index (κ2) is 8.25. The van der Waals surface area contributed by atoms with Crippen molar-refractivity contribution >= 4 is 17.8 Å². The molecule has 18 heavy (non-hydrogen) atoms. The average Bonchev–Trinajstić information content (AvgIpc) is 2.23. The van der Waals surface area contributed by atoms with Gasteiger partial charge < -0.3 is 25.6 Å². The molecule has 0 saturated carbocycles. The van der Waals surface area contributed by atoms with Crippen LogP contribution >= 0.6 is 0 Å². The molecule has 3 N–H and O–H groups in total. The first kappa shape index (κ1) is 19.4. The van der Waals surface area contributed by atoms with Gasteiger partial charge in [-0.05, 0) is 19.9 Å². The van der Waals surface area contributed by atoms with Crippen LogP contribution in [0.15, 0.2) is 12.7 Å². The van der Waals surface area contributed by atoms with Gasteiger partial charge >= 0.3 is 29.6 Å². The summed E-state index contributed by atoms with van der Waals surface area (Å²) in [7, 11) is 0. The molecule has 2 amide bonds. The van der Waals surface area contributed by atoms with Crippen LogP contribution < -0.4 is 45.3 Å². The van der Waals surface area contributed by atoms with Crippen molar-refractivity contribution in [2.24, 2.45) is 0 Å². The van der Waals surface area contributed by atoms with Gasteiger partial charge in [-0.15, -0.1) is 0 Å². The van der Waals surface area contributed by atoms with E-state index < -0.39 is 36.0 Å². The molecule has 96 valence electrons. The van der Waals surface area contributed by atoms with Crippen molar-refractivity contribution in [1.29, 1.82) is 0 Å². The summed E-state index contributed by atoms with van der Waals surface area (Å²) in [6, 6.07) is -1.51. The predicted octanol–water partition coefficient (Wildman–Crippen LogP) is -5.70. The van der Waals surface area contributed by atoms with E-state index in [1.807, 2.05) is 5.32 Å². The largest absolute Gasteiger partial charge is 1.00 e. The summed E-state index contributed by atoms with van der Waals surface area (Å²) >= 11 is 0. The number of carboxylic acids is 1. The number of carbonyl (C=O) groups is 3. The fourth-order valence-corrected chi connectivity index (χ4v) is 0.934. The van der Waals surface area contributed by atoms with Gasteiger partial charge in [-0.3, -0.25) is 9.59 Å². The number of nitrogens with one attached hydrogen (secondary N) is 2. The normalized spacial score (nSPS) is 11.7. The van der Waals surface area contributed by atoms with Gasteiger partial charge in [0.25, 0.3) is 0 Å². The summed E-state index contributed by atoms with van der Waals surface area (Å²) in [5.41, 5.74) is -1.33. The molecule has 0 bridgehead atoms. The van der Waals surface area contributed by atoms with Crippen LogP contribution in [-0.4, -0.2) is 41.1 Å². The van der Waals surface area contributed by atoms with Gasteiger partial charge in [0.15, 0.2) is 0 Å². The van der Waals surface area contributed by atoms with Gasteiger partial charge in [0.1, 0.15) is 5.54 Å². The van der Waals surface area contributed by atoms with Crippen LogP contribution in [-0.2, 0) is 14.4 Å². The van der Waals surface area contributed by atoms with Crippen molar-refractivity contribution in [3.63, 3.8) is 0 Å². The summed E-state index contributed by atoms with van der Waals surface area (Å²) in [6.07, 6.45) is 0.983. The van der Waals surface area contributed by atoms with Gasteiger partial charge in [0.05, 0.1) is 18.6 Å². The molecule has 8 heteroatoms. The van der Waals surface area contributed by atoms with Crippen LogP contribution in [0.5, 0.6) is 0 Å². The number of carboxylic acid groups (broad SMARTS) is 1. The molecule has 0 rings (SSSR count). The smallest absolute Gasteiger partial charge is 0.548 e. The Labute approximate surface area is 127 Å². The van der Waals surface area contributed by atoms with Gasteiger partial charge in [-0.2, -0.15) is 0 Å². The van der Waals surface area contributed by atoms with Crippen molar-refractivity contribution < 1.29 is 54.2 Å². The molecule has 0 spiro atoms. The number of amides is 2. The molecule has 0 fully saturated rings. The number of rotatable bonds is 6. The fraction of sp³-hybridized carbons (Fsp3) is 0.500. The first-order chi connectivity index (χ1) is 7.74. The maximum Gasteiger partial charge on any atom is 1.00 e. The Morgan fingerprint density at radius 2 is 1.94 bits per heavy atom. The van der Waals surface area contributed by atoms with E-state index in [1.165, 1.54) is 13.8 Å². The maximum atomic E-state index is 11.6. The van der Waals surface area contributed by atoms with Crippen LogP contribution in [0.25, 0.3) is 0 Å². The topological polar surface area (TPSA) is 119 Å². The molecular weight excluding hydrogens is 251 g/mol. The third-order valence-electron chi connectivity index (χ3n) is 1.96. The Balaban J connectivity index is 0. The molecule has 0 aromatic carbocycles. The zero-order valence-corrected chi connectivity index (χ0v) is 12.6. The average molecular weight is 266 g/mol. The van der Waals surface area contributed by atoms with E-state index in [0.29, 0.717) is 0 Å². The van der Waals surface area contributed by atoms with Crippen LogP contribution in [0.4, 0.5) is 0 Å². The Kier molecular flexibility index (Phi) is 8.92. The van der Waals surface area contributed by atoms with Gasteiger partial charge in [0.2, 0.25) is 11.8 Å². The SMILES string of the molecule is C=CC(=O)NC(C)(C)C(=O)NC(CO)C(=O)[O-].[Na+]. The van der Waals surface area contributed by atoms with Crippen LogP contribution in [0.2, 0.25) is 0 Å². The van der Waals surface area contributed by atoms with E-state index in [-0.39, 0.29) is 29.6 Å². The van der Waals surface area contributed by atoms with Crippen molar-refractivity contribution in [3.05, 3.63) is 12.7 Å². The Morgan fingerprint density at radius 1 is 1.44 bits per heavy atom.